The topological polar surface area (TPSA) is 35.5 Å². The number of hydrogen-bond donors (Lipinski definition) is 0. The maximum absolute atomic E-state index is 11.0. The van der Waals surface area contributed by atoms with Crippen molar-refractivity contribution >= 4 is 5.97 Å². The van der Waals surface area contributed by atoms with E-state index in [1.54, 1.807) is 13.0 Å². The van der Waals surface area contributed by atoms with Crippen LogP contribution in [0.1, 0.15) is 6.92 Å². The van der Waals surface area contributed by atoms with Crippen LogP contribution in [0.5, 0.6) is 5.75 Å². The Morgan fingerprint density at radius 1 is 1.38 bits per heavy atom. The maximum atomic E-state index is 11.0. The Balaban J connectivity index is 2.23. The molecule has 0 aliphatic heterocycles. The normalized spacial score (nSPS) is 10.1. The molecular weight excluding hydrogens is 204 g/mol. The number of carbonyl (C=O) groups is 1. The van der Waals surface area contributed by atoms with Gasteiger partial charge in [-0.15, -0.1) is 0 Å². The third-order valence-corrected chi connectivity index (χ3v) is 1.71. The van der Waals surface area contributed by atoms with Gasteiger partial charge in [0.1, 0.15) is 12.4 Å². The zero-order valence-electron chi connectivity index (χ0n) is 9.18. The van der Waals surface area contributed by atoms with Gasteiger partial charge in [-0.3, -0.25) is 0 Å². The summed E-state index contributed by atoms with van der Waals surface area (Å²) in [5, 5.41) is 0. The molecule has 0 unspecified atom stereocenters. The van der Waals surface area contributed by atoms with Crippen molar-refractivity contribution in [3.63, 3.8) is 0 Å². The Morgan fingerprint density at radius 3 is 2.69 bits per heavy atom. The molecule has 0 bridgehead atoms. The molecule has 0 aliphatic carbocycles. The molecule has 0 aliphatic rings. The summed E-state index contributed by atoms with van der Waals surface area (Å²) in [7, 11) is 0. The molecule has 3 heteroatoms. The van der Waals surface area contributed by atoms with Crippen molar-refractivity contribution in [3.05, 3.63) is 54.8 Å². The standard InChI is InChI=1S/C13H14O3/c1-11(2)13(14)16-10-6-9-15-12-7-4-3-5-8-12/h3-8,10H,1,9H2,2H3. The number of benzene rings is 1. The summed E-state index contributed by atoms with van der Waals surface area (Å²) in [4.78, 5) is 11.0. The first-order chi connectivity index (χ1) is 7.70. The molecule has 0 heterocycles. The predicted molar refractivity (Wildman–Crippen MR) is 62.0 cm³/mol. The van der Waals surface area contributed by atoms with Gasteiger partial charge in [0.2, 0.25) is 0 Å². The van der Waals surface area contributed by atoms with Crippen molar-refractivity contribution in [2.75, 3.05) is 6.61 Å². The first-order valence-electron chi connectivity index (χ1n) is 4.89. The van der Waals surface area contributed by atoms with Crippen LogP contribution >= 0.6 is 0 Å². The highest BCUT2D eigenvalue weighted by Crippen LogP contribution is 2.07. The second-order valence-electron chi connectivity index (χ2n) is 3.18. The summed E-state index contributed by atoms with van der Waals surface area (Å²) in [5.74, 6) is 0.342. The van der Waals surface area contributed by atoms with Crippen LogP contribution in [0.4, 0.5) is 0 Å². The maximum Gasteiger partial charge on any atom is 0.337 e. The molecule has 1 aromatic rings. The number of rotatable bonds is 5. The number of esters is 1. The van der Waals surface area contributed by atoms with Crippen LogP contribution in [0.3, 0.4) is 0 Å². The van der Waals surface area contributed by atoms with Crippen molar-refractivity contribution in [3.8, 4) is 5.75 Å². The van der Waals surface area contributed by atoms with Crippen molar-refractivity contribution < 1.29 is 14.3 Å². The molecule has 0 aromatic heterocycles. The second kappa shape index (κ2) is 6.45. The van der Waals surface area contributed by atoms with E-state index >= 15 is 0 Å². The van der Waals surface area contributed by atoms with E-state index in [-0.39, 0.29) is 0 Å². The van der Waals surface area contributed by atoms with Crippen LogP contribution in [0.2, 0.25) is 0 Å². The summed E-state index contributed by atoms with van der Waals surface area (Å²) in [6.07, 6.45) is 2.92. The fourth-order valence-electron chi connectivity index (χ4n) is 0.911. The largest absolute Gasteiger partial charge is 0.489 e. The molecule has 0 atom stereocenters. The van der Waals surface area contributed by atoms with Gasteiger partial charge in [-0.25, -0.2) is 4.79 Å². The van der Waals surface area contributed by atoms with E-state index in [2.05, 4.69) is 6.58 Å². The lowest BCUT2D eigenvalue weighted by atomic mass is 10.3. The quantitative estimate of drug-likeness (QED) is 0.433. The van der Waals surface area contributed by atoms with Gasteiger partial charge in [0.05, 0.1) is 6.26 Å². The highest BCUT2D eigenvalue weighted by molar-refractivity contribution is 5.87. The molecule has 0 saturated carbocycles. The SMILES string of the molecule is C=C(C)C(=O)OC=CCOc1ccccc1. The zero-order valence-corrected chi connectivity index (χ0v) is 9.18. The first kappa shape index (κ1) is 12.0. The van der Waals surface area contributed by atoms with Gasteiger partial charge in [0, 0.05) is 5.57 Å². The highest BCUT2D eigenvalue weighted by atomic mass is 16.5. The van der Waals surface area contributed by atoms with Gasteiger partial charge in [-0.05, 0) is 25.1 Å². The molecule has 0 spiro atoms. The minimum absolute atomic E-state index is 0.355. The molecule has 1 rings (SSSR count). The fraction of sp³-hybridized carbons (Fsp3) is 0.154. The summed E-state index contributed by atoms with van der Waals surface area (Å²) >= 11 is 0. The molecule has 0 amide bonds. The minimum atomic E-state index is -0.434. The molecule has 3 nitrogen and oxygen atoms in total. The van der Waals surface area contributed by atoms with Gasteiger partial charge in [-0.2, -0.15) is 0 Å². The number of carbonyl (C=O) groups excluding carboxylic acids is 1. The molecule has 1 aromatic carbocycles. The fourth-order valence-corrected chi connectivity index (χ4v) is 0.911. The summed E-state index contributed by atoms with van der Waals surface area (Å²) in [6.45, 7) is 5.41. The van der Waals surface area contributed by atoms with E-state index in [4.69, 9.17) is 9.47 Å². The summed E-state index contributed by atoms with van der Waals surface area (Å²) in [5.41, 5.74) is 0.369. The molecule has 0 fully saturated rings. The molecule has 0 N–H and O–H groups in total. The Bertz CT molecular complexity index is 379. The van der Waals surface area contributed by atoms with Crippen LogP contribution in [-0.4, -0.2) is 12.6 Å². The Labute approximate surface area is 95.0 Å². The van der Waals surface area contributed by atoms with Crippen molar-refractivity contribution in [1.29, 1.82) is 0 Å². The Kier molecular flexibility index (Phi) is 4.86. The van der Waals surface area contributed by atoms with Crippen molar-refractivity contribution in [2.45, 2.75) is 6.92 Å². The van der Waals surface area contributed by atoms with Gasteiger partial charge in [-0.1, -0.05) is 24.8 Å². The van der Waals surface area contributed by atoms with Crippen LogP contribution in [-0.2, 0) is 9.53 Å². The number of ether oxygens (including phenoxy) is 2. The smallest absolute Gasteiger partial charge is 0.337 e. The minimum Gasteiger partial charge on any atom is -0.489 e. The Morgan fingerprint density at radius 2 is 2.06 bits per heavy atom. The summed E-state index contributed by atoms with van der Waals surface area (Å²) in [6, 6.07) is 9.40. The predicted octanol–water partition coefficient (Wildman–Crippen LogP) is 2.70. The second-order valence-corrected chi connectivity index (χ2v) is 3.18. The van der Waals surface area contributed by atoms with Crippen LogP contribution in [0.15, 0.2) is 54.8 Å². The van der Waals surface area contributed by atoms with E-state index < -0.39 is 5.97 Å². The van der Waals surface area contributed by atoms with Crippen molar-refractivity contribution in [2.24, 2.45) is 0 Å². The van der Waals surface area contributed by atoms with Gasteiger partial charge in [0.25, 0.3) is 0 Å². The van der Waals surface area contributed by atoms with Crippen LogP contribution in [0, 0.1) is 0 Å². The molecule has 0 radical (unpaired) electrons. The van der Waals surface area contributed by atoms with Gasteiger partial charge in [0.15, 0.2) is 0 Å². The van der Waals surface area contributed by atoms with E-state index in [9.17, 15) is 4.79 Å². The highest BCUT2D eigenvalue weighted by Gasteiger charge is 1.98. The van der Waals surface area contributed by atoms with Gasteiger partial charge >= 0.3 is 5.97 Å². The Hall–Kier alpha value is -2.03. The van der Waals surface area contributed by atoms with E-state index in [0.717, 1.165) is 5.75 Å². The van der Waals surface area contributed by atoms with E-state index in [0.29, 0.717) is 12.2 Å². The van der Waals surface area contributed by atoms with Crippen LogP contribution < -0.4 is 4.74 Å². The molecule has 16 heavy (non-hydrogen) atoms. The lowest BCUT2D eigenvalue weighted by molar-refractivity contribution is -0.133. The molecule has 84 valence electrons. The molecule has 0 saturated heterocycles. The number of hydrogen-bond acceptors (Lipinski definition) is 3. The van der Waals surface area contributed by atoms with E-state index in [1.165, 1.54) is 6.26 Å². The first-order valence-corrected chi connectivity index (χ1v) is 4.89. The van der Waals surface area contributed by atoms with Crippen molar-refractivity contribution in [1.82, 2.24) is 0 Å². The molecular formula is C13H14O3. The lowest BCUT2D eigenvalue weighted by Gasteiger charge is -2.01. The summed E-state index contributed by atoms with van der Waals surface area (Å²) < 4.78 is 10.1. The third kappa shape index (κ3) is 4.46. The zero-order chi connectivity index (χ0) is 11.8. The number of para-hydroxylation sites is 1. The monoisotopic (exact) mass is 218 g/mol. The average molecular weight is 218 g/mol. The van der Waals surface area contributed by atoms with E-state index in [1.807, 2.05) is 30.3 Å². The lowest BCUT2D eigenvalue weighted by Crippen LogP contribution is -2.00. The van der Waals surface area contributed by atoms with Crippen LogP contribution in [0.25, 0.3) is 0 Å². The third-order valence-electron chi connectivity index (χ3n) is 1.71. The van der Waals surface area contributed by atoms with Gasteiger partial charge < -0.3 is 9.47 Å². The average Bonchev–Trinajstić information content (AvgIpc) is 2.29.